The Bertz CT molecular complexity index is 157. The van der Waals surface area contributed by atoms with E-state index in [0.29, 0.717) is 26.1 Å². The van der Waals surface area contributed by atoms with E-state index in [1.165, 1.54) is 25.7 Å². The minimum absolute atomic E-state index is 0.00330. The molecule has 0 bridgehead atoms. The van der Waals surface area contributed by atoms with Gasteiger partial charge >= 0.3 is 88.4 Å². The summed E-state index contributed by atoms with van der Waals surface area (Å²) >= 11 is 6.03. The quantitative estimate of drug-likeness (QED) is 0.581. The van der Waals surface area contributed by atoms with Crippen LogP contribution < -0.4 is 5.32 Å². The van der Waals surface area contributed by atoms with Crippen LogP contribution in [0.5, 0.6) is 0 Å². The summed E-state index contributed by atoms with van der Waals surface area (Å²) in [5.74, 6) is 0.113. The second kappa shape index (κ2) is 4.08. The van der Waals surface area contributed by atoms with E-state index in [0.717, 1.165) is 0 Å². The van der Waals surface area contributed by atoms with Crippen LogP contribution in [-0.2, 0) is 30.9 Å². The first-order valence-corrected chi connectivity index (χ1v) is 7.17. The maximum absolute atomic E-state index is 11.0. The summed E-state index contributed by atoms with van der Waals surface area (Å²) in [5.41, 5.74) is 0. The van der Waals surface area contributed by atoms with Crippen LogP contribution in [0, 0.1) is 0 Å². The topological polar surface area (TPSA) is 29.1 Å². The third kappa shape index (κ3) is 2.90. The zero-order chi connectivity index (χ0) is 8.32. The molecule has 0 saturated heterocycles. The van der Waals surface area contributed by atoms with Gasteiger partial charge in [0.05, 0.1) is 0 Å². The van der Waals surface area contributed by atoms with Gasteiger partial charge in [-0.15, -0.1) is 0 Å². The van der Waals surface area contributed by atoms with Gasteiger partial charge in [-0.3, -0.25) is 0 Å². The fraction of sp³-hybridized carbons (Fsp3) is 0.857. The molecule has 59 valence electrons. The van der Waals surface area contributed by atoms with Crippen LogP contribution in [0.25, 0.3) is 0 Å². The molecule has 0 aromatic heterocycles. The minimum atomic E-state index is 0.00330. The Hall–Kier alpha value is 0.695. The molecular formula is C7H11ClHgNO. The molecule has 0 spiro atoms. The molecule has 1 fully saturated rings. The van der Waals surface area contributed by atoms with E-state index in [-0.39, 0.29) is 14.8 Å². The molecule has 2 nitrogen and oxygen atoms in total. The van der Waals surface area contributed by atoms with Crippen molar-refractivity contribution in [1.29, 1.82) is 0 Å². The number of halogens is 1. The molecule has 0 aromatic rings. The van der Waals surface area contributed by atoms with E-state index in [1.807, 2.05) is 0 Å². The first-order valence-electron chi connectivity index (χ1n) is 3.89. The summed E-state index contributed by atoms with van der Waals surface area (Å²) in [6.07, 6.45) is 4.90. The molecule has 0 radical (unpaired) electrons. The van der Waals surface area contributed by atoms with Crippen molar-refractivity contribution < 1.29 is 30.9 Å². The van der Waals surface area contributed by atoms with Crippen LogP contribution >= 0.6 is 11.6 Å². The molecule has 0 atom stereocenters. The average molecular weight is 361 g/mol. The summed E-state index contributed by atoms with van der Waals surface area (Å²) in [4.78, 5) is 11.0. The van der Waals surface area contributed by atoms with Crippen LogP contribution in [0.15, 0.2) is 0 Å². The van der Waals surface area contributed by atoms with Crippen molar-refractivity contribution in [2.24, 2.45) is 0 Å². The Morgan fingerprint density at radius 2 is 2.09 bits per heavy atom. The van der Waals surface area contributed by atoms with Crippen molar-refractivity contribution >= 4 is 17.5 Å². The number of rotatable bonds is 2. The molecule has 0 heterocycles. The Morgan fingerprint density at radius 3 is 2.55 bits per heavy atom. The van der Waals surface area contributed by atoms with Crippen LogP contribution in [0.2, 0.25) is 0 Å². The third-order valence-corrected chi connectivity index (χ3v) is 5.77. The molecule has 4 heteroatoms. The van der Waals surface area contributed by atoms with E-state index >= 15 is 0 Å². The predicted octanol–water partition coefficient (Wildman–Crippen LogP) is 1.16. The zero-order valence-electron chi connectivity index (χ0n) is 6.53. The van der Waals surface area contributed by atoms with Crippen molar-refractivity contribution in [1.82, 2.24) is 5.32 Å². The molecule has 0 aliphatic heterocycles. The third-order valence-electron chi connectivity index (χ3n) is 2.09. The number of amides is 1. The summed E-state index contributed by atoms with van der Waals surface area (Å²) < 4.78 is 0.228. The number of hydrogen-bond acceptors (Lipinski definition) is 1. The van der Waals surface area contributed by atoms with Gasteiger partial charge in [0.1, 0.15) is 0 Å². The van der Waals surface area contributed by atoms with Gasteiger partial charge in [0.25, 0.3) is 0 Å². The number of carbonyl (C=O) groups is 1. The number of alkyl halides is 1. The van der Waals surface area contributed by atoms with Gasteiger partial charge in [0.2, 0.25) is 0 Å². The van der Waals surface area contributed by atoms with Gasteiger partial charge in [-0.25, -0.2) is 0 Å². The molecule has 1 saturated carbocycles. The van der Waals surface area contributed by atoms with Gasteiger partial charge in [0, 0.05) is 0 Å². The van der Waals surface area contributed by atoms with Crippen molar-refractivity contribution in [3.05, 3.63) is 0 Å². The summed E-state index contributed by atoms with van der Waals surface area (Å²) in [5, 5.41) is 3.02. The second-order valence-electron chi connectivity index (χ2n) is 3.17. The second-order valence-corrected chi connectivity index (χ2v) is 8.70. The molecule has 1 N–H and O–H groups in total. The molecule has 0 aromatic carbocycles. The standard InChI is InChI=1S/C7H11ClNO.Hg/c8-5-7(10)9-6-3-1-2-4-6;/h1-5H2,(H,9,10);. The van der Waals surface area contributed by atoms with Gasteiger partial charge < -0.3 is 0 Å². The van der Waals surface area contributed by atoms with E-state index in [2.05, 4.69) is 5.32 Å². The number of carbonyl (C=O) groups excluding carboxylic acids is 1. The van der Waals surface area contributed by atoms with E-state index in [4.69, 9.17) is 11.6 Å². The SMILES string of the molecule is O=C(CCl)N[C]1([Hg])CCCC1. The zero-order valence-corrected chi connectivity index (χ0v) is 12.8. The molecule has 1 rings (SSSR count). The monoisotopic (exact) mass is 362 g/mol. The fourth-order valence-corrected chi connectivity index (χ4v) is 4.28. The maximum atomic E-state index is 11.0. The van der Waals surface area contributed by atoms with Crippen molar-refractivity contribution in [3.8, 4) is 0 Å². The van der Waals surface area contributed by atoms with Crippen LogP contribution in [0.1, 0.15) is 25.7 Å². The Kier molecular flexibility index (Phi) is 3.63. The van der Waals surface area contributed by atoms with E-state index in [1.54, 1.807) is 0 Å². The molecular weight excluding hydrogens is 350 g/mol. The van der Waals surface area contributed by atoms with Gasteiger partial charge in [-0.05, 0) is 0 Å². The summed E-state index contributed by atoms with van der Waals surface area (Å²) in [6.45, 7) is 0. The Morgan fingerprint density at radius 1 is 1.55 bits per heavy atom. The molecule has 1 aliphatic carbocycles. The van der Waals surface area contributed by atoms with E-state index < -0.39 is 0 Å². The van der Waals surface area contributed by atoms with Crippen LogP contribution in [0.3, 0.4) is 0 Å². The van der Waals surface area contributed by atoms with Gasteiger partial charge in [-0.1, -0.05) is 0 Å². The molecule has 11 heavy (non-hydrogen) atoms. The normalized spacial score (nSPS) is 21.7. The first-order chi connectivity index (χ1) is 5.16. The number of hydrogen-bond donors (Lipinski definition) is 1. The average Bonchev–Trinajstić information content (AvgIpc) is 2.36. The van der Waals surface area contributed by atoms with E-state index in [9.17, 15) is 4.79 Å². The van der Waals surface area contributed by atoms with Crippen molar-refractivity contribution in [3.63, 3.8) is 0 Å². The summed E-state index contributed by atoms with van der Waals surface area (Å²) in [6, 6.07) is 0. The van der Waals surface area contributed by atoms with Crippen LogP contribution in [0.4, 0.5) is 0 Å². The first kappa shape index (κ1) is 9.78. The van der Waals surface area contributed by atoms with Gasteiger partial charge in [-0.2, -0.15) is 0 Å². The molecule has 1 aliphatic rings. The van der Waals surface area contributed by atoms with Crippen LogP contribution in [-0.4, -0.2) is 14.8 Å². The van der Waals surface area contributed by atoms with Crippen molar-refractivity contribution in [2.45, 2.75) is 28.7 Å². The molecule has 0 unspecified atom stereocenters. The van der Waals surface area contributed by atoms with Crippen molar-refractivity contribution in [2.75, 3.05) is 5.88 Å². The Labute approximate surface area is 88.0 Å². The predicted molar refractivity (Wildman–Crippen MR) is 40.1 cm³/mol. The summed E-state index contributed by atoms with van der Waals surface area (Å²) in [7, 11) is 0. The van der Waals surface area contributed by atoms with Gasteiger partial charge in [0.15, 0.2) is 0 Å². The Balaban J connectivity index is 2.39. The number of nitrogens with one attached hydrogen (secondary N) is 1. The molecule has 1 amide bonds. The fourth-order valence-electron chi connectivity index (χ4n) is 1.51.